The molecule has 4 heteroatoms. The predicted octanol–water partition coefficient (Wildman–Crippen LogP) is 5.26. The van der Waals surface area contributed by atoms with Crippen LogP contribution in [-0.2, 0) is 17.9 Å². The zero-order chi connectivity index (χ0) is 20.8. The Kier molecular flexibility index (Phi) is 6.83. The zero-order valence-corrected chi connectivity index (χ0v) is 17.8. The summed E-state index contributed by atoms with van der Waals surface area (Å²) in [5.41, 5.74) is 3.52. The van der Waals surface area contributed by atoms with Crippen LogP contribution in [0.1, 0.15) is 29.0 Å². The molecule has 30 heavy (non-hydrogen) atoms. The van der Waals surface area contributed by atoms with Gasteiger partial charge in [-0.3, -0.25) is 9.69 Å². The van der Waals surface area contributed by atoms with E-state index >= 15 is 0 Å². The van der Waals surface area contributed by atoms with Gasteiger partial charge >= 0.3 is 0 Å². The number of piperidine rings is 1. The molecule has 0 aromatic heterocycles. The molecule has 1 aliphatic heterocycles. The lowest BCUT2D eigenvalue weighted by atomic mass is 9.84. The Hall–Kier alpha value is -2.62. The van der Waals surface area contributed by atoms with Gasteiger partial charge in [0.2, 0.25) is 5.91 Å². The van der Waals surface area contributed by atoms with Crippen molar-refractivity contribution >= 4 is 17.5 Å². The third kappa shape index (κ3) is 5.29. The molecule has 0 spiro atoms. The number of benzene rings is 3. The van der Waals surface area contributed by atoms with Crippen molar-refractivity contribution in [2.75, 3.05) is 13.1 Å². The van der Waals surface area contributed by atoms with Crippen LogP contribution in [0.2, 0.25) is 5.02 Å². The SMILES string of the molecule is O=C(NCc1ccccc1)C1CC(c2ccccc2)CN(Cc2ccccc2Cl)C1. The summed E-state index contributed by atoms with van der Waals surface area (Å²) in [6.45, 7) is 3.00. The number of hydrogen-bond donors (Lipinski definition) is 1. The number of amides is 1. The fraction of sp³-hybridized carbons (Fsp3) is 0.269. The number of carbonyl (C=O) groups is 1. The molecule has 154 valence electrons. The van der Waals surface area contributed by atoms with Crippen LogP contribution in [0.4, 0.5) is 0 Å². The molecule has 1 amide bonds. The minimum absolute atomic E-state index is 0.0462. The van der Waals surface area contributed by atoms with Gasteiger partial charge in [-0.15, -0.1) is 0 Å². The standard InChI is InChI=1S/C26H27ClN2O/c27-25-14-8-7-13-22(25)17-29-18-23(21-11-5-2-6-12-21)15-24(19-29)26(30)28-16-20-9-3-1-4-10-20/h1-14,23-24H,15-19H2,(H,28,30). The Morgan fingerprint density at radius 1 is 0.900 bits per heavy atom. The van der Waals surface area contributed by atoms with Crippen LogP contribution in [0, 0.1) is 5.92 Å². The van der Waals surface area contributed by atoms with Crippen molar-refractivity contribution in [3.05, 3.63) is 107 Å². The lowest BCUT2D eigenvalue weighted by Gasteiger charge is -2.37. The molecule has 3 aromatic rings. The molecule has 3 nitrogen and oxygen atoms in total. The van der Waals surface area contributed by atoms with E-state index in [1.54, 1.807) is 0 Å². The van der Waals surface area contributed by atoms with Crippen LogP contribution in [-0.4, -0.2) is 23.9 Å². The van der Waals surface area contributed by atoms with Gasteiger partial charge in [-0.1, -0.05) is 90.5 Å². The maximum Gasteiger partial charge on any atom is 0.224 e. The fourth-order valence-electron chi connectivity index (χ4n) is 4.27. The Morgan fingerprint density at radius 2 is 1.57 bits per heavy atom. The summed E-state index contributed by atoms with van der Waals surface area (Å²) in [4.78, 5) is 15.4. The normalized spacial score (nSPS) is 19.4. The second-order valence-corrected chi connectivity index (χ2v) is 8.44. The smallest absolute Gasteiger partial charge is 0.224 e. The molecule has 4 rings (SSSR count). The summed E-state index contributed by atoms with van der Waals surface area (Å²) in [7, 11) is 0. The summed E-state index contributed by atoms with van der Waals surface area (Å²) in [6.07, 6.45) is 0.865. The third-order valence-corrected chi connectivity index (χ3v) is 6.20. The average molecular weight is 419 g/mol. The average Bonchev–Trinajstić information content (AvgIpc) is 2.80. The first-order valence-corrected chi connectivity index (χ1v) is 10.9. The first-order valence-electron chi connectivity index (χ1n) is 10.5. The first kappa shape index (κ1) is 20.6. The lowest BCUT2D eigenvalue weighted by Crippen LogP contribution is -2.45. The van der Waals surface area contributed by atoms with Crippen LogP contribution in [0.3, 0.4) is 0 Å². The summed E-state index contributed by atoms with van der Waals surface area (Å²) in [6, 6.07) is 28.6. The van der Waals surface area contributed by atoms with E-state index in [1.165, 1.54) is 5.56 Å². The molecule has 0 radical (unpaired) electrons. The molecular weight excluding hydrogens is 392 g/mol. The van der Waals surface area contributed by atoms with Gasteiger partial charge in [0.1, 0.15) is 0 Å². The van der Waals surface area contributed by atoms with E-state index in [2.05, 4.69) is 40.5 Å². The van der Waals surface area contributed by atoms with E-state index in [9.17, 15) is 4.79 Å². The summed E-state index contributed by atoms with van der Waals surface area (Å²) < 4.78 is 0. The second-order valence-electron chi connectivity index (χ2n) is 8.03. The molecule has 2 unspecified atom stereocenters. The van der Waals surface area contributed by atoms with E-state index in [0.717, 1.165) is 42.2 Å². The number of halogens is 1. The van der Waals surface area contributed by atoms with E-state index in [4.69, 9.17) is 11.6 Å². The van der Waals surface area contributed by atoms with E-state index < -0.39 is 0 Å². The molecule has 2 atom stereocenters. The molecular formula is C26H27ClN2O. The molecule has 0 saturated carbocycles. The molecule has 1 fully saturated rings. The van der Waals surface area contributed by atoms with Gasteiger partial charge in [-0.05, 0) is 35.1 Å². The number of carbonyl (C=O) groups excluding carboxylic acids is 1. The van der Waals surface area contributed by atoms with Crippen LogP contribution in [0.15, 0.2) is 84.9 Å². The Labute approximate surface area is 183 Å². The summed E-state index contributed by atoms with van der Waals surface area (Å²) in [5.74, 6) is 0.411. The molecule has 1 heterocycles. The summed E-state index contributed by atoms with van der Waals surface area (Å²) >= 11 is 6.41. The van der Waals surface area contributed by atoms with Gasteiger partial charge in [0.05, 0.1) is 5.92 Å². The van der Waals surface area contributed by atoms with Crippen LogP contribution in [0.25, 0.3) is 0 Å². The van der Waals surface area contributed by atoms with E-state index in [0.29, 0.717) is 12.5 Å². The molecule has 1 aliphatic rings. The lowest BCUT2D eigenvalue weighted by molar-refractivity contribution is -0.127. The highest BCUT2D eigenvalue weighted by Crippen LogP contribution is 2.32. The van der Waals surface area contributed by atoms with Gasteiger partial charge in [-0.25, -0.2) is 0 Å². The minimum atomic E-state index is -0.0462. The highest BCUT2D eigenvalue weighted by molar-refractivity contribution is 6.31. The van der Waals surface area contributed by atoms with Gasteiger partial charge < -0.3 is 5.32 Å². The molecule has 3 aromatic carbocycles. The largest absolute Gasteiger partial charge is 0.352 e. The van der Waals surface area contributed by atoms with Crippen LogP contribution >= 0.6 is 11.6 Å². The second kappa shape index (κ2) is 9.92. The Bertz CT molecular complexity index is 961. The van der Waals surface area contributed by atoms with Gasteiger partial charge in [0, 0.05) is 31.2 Å². The van der Waals surface area contributed by atoms with Gasteiger partial charge in [0.25, 0.3) is 0 Å². The number of rotatable bonds is 6. The number of nitrogens with one attached hydrogen (secondary N) is 1. The van der Waals surface area contributed by atoms with Crippen LogP contribution < -0.4 is 5.32 Å². The monoisotopic (exact) mass is 418 g/mol. The third-order valence-electron chi connectivity index (χ3n) is 5.83. The van der Waals surface area contributed by atoms with Crippen LogP contribution in [0.5, 0.6) is 0 Å². The Balaban J connectivity index is 1.48. The van der Waals surface area contributed by atoms with Crippen molar-refractivity contribution < 1.29 is 4.79 Å². The summed E-state index contributed by atoms with van der Waals surface area (Å²) in [5, 5.41) is 3.93. The van der Waals surface area contributed by atoms with Crippen molar-refractivity contribution in [2.24, 2.45) is 5.92 Å². The van der Waals surface area contributed by atoms with Gasteiger partial charge in [0.15, 0.2) is 0 Å². The topological polar surface area (TPSA) is 32.3 Å². The maximum atomic E-state index is 13.0. The van der Waals surface area contributed by atoms with E-state index in [1.807, 2.05) is 54.6 Å². The molecule has 1 N–H and O–H groups in total. The molecule has 0 bridgehead atoms. The number of likely N-dealkylation sites (tertiary alicyclic amines) is 1. The van der Waals surface area contributed by atoms with Gasteiger partial charge in [-0.2, -0.15) is 0 Å². The maximum absolute atomic E-state index is 13.0. The van der Waals surface area contributed by atoms with Crippen molar-refractivity contribution in [3.63, 3.8) is 0 Å². The fourth-order valence-corrected chi connectivity index (χ4v) is 4.47. The minimum Gasteiger partial charge on any atom is -0.352 e. The number of hydrogen-bond acceptors (Lipinski definition) is 2. The van der Waals surface area contributed by atoms with Crippen molar-refractivity contribution in [3.8, 4) is 0 Å². The predicted molar refractivity (Wildman–Crippen MR) is 122 cm³/mol. The molecule has 0 aliphatic carbocycles. The quantitative estimate of drug-likeness (QED) is 0.592. The zero-order valence-electron chi connectivity index (χ0n) is 17.0. The highest BCUT2D eigenvalue weighted by Gasteiger charge is 2.32. The van der Waals surface area contributed by atoms with E-state index in [-0.39, 0.29) is 11.8 Å². The Morgan fingerprint density at radius 3 is 2.30 bits per heavy atom. The van der Waals surface area contributed by atoms with Crippen molar-refractivity contribution in [2.45, 2.75) is 25.4 Å². The molecule has 1 saturated heterocycles. The first-order chi connectivity index (χ1) is 14.7. The number of nitrogens with zero attached hydrogens (tertiary/aromatic N) is 1. The van der Waals surface area contributed by atoms with Crippen molar-refractivity contribution in [1.29, 1.82) is 0 Å². The van der Waals surface area contributed by atoms with Crippen molar-refractivity contribution in [1.82, 2.24) is 10.2 Å². The highest BCUT2D eigenvalue weighted by atomic mass is 35.5.